The number of urea groups is 1. The van der Waals surface area contributed by atoms with Gasteiger partial charge < -0.3 is 14.9 Å². The number of nitrogens with zero attached hydrogens (tertiary/aromatic N) is 2. The largest absolute Gasteiger partial charge is 0.481 e. The van der Waals surface area contributed by atoms with Crippen LogP contribution in [0, 0.1) is 5.41 Å². The molecule has 0 spiro atoms. The van der Waals surface area contributed by atoms with Crippen molar-refractivity contribution >= 4 is 12.0 Å². The van der Waals surface area contributed by atoms with Crippen LogP contribution in [0.25, 0.3) is 0 Å². The van der Waals surface area contributed by atoms with Gasteiger partial charge in [-0.3, -0.25) is 4.79 Å². The van der Waals surface area contributed by atoms with E-state index in [1.165, 1.54) is 0 Å². The van der Waals surface area contributed by atoms with Gasteiger partial charge in [0.2, 0.25) is 0 Å². The number of carboxylic acids is 1. The molecule has 0 aliphatic heterocycles. The minimum absolute atomic E-state index is 0.0321. The third-order valence-electron chi connectivity index (χ3n) is 2.70. The molecule has 0 saturated heterocycles. The van der Waals surface area contributed by atoms with Gasteiger partial charge in [0.15, 0.2) is 0 Å². The van der Waals surface area contributed by atoms with Gasteiger partial charge in [-0.15, -0.1) is 0 Å². The van der Waals surface area contributed by atoms with Crippen molar-refractivity contribution in [3.63, 3.8) is 0 Å². The summed E-state index contributed by atoms with van der Waals surface area (Å²) in [6.07, 6.45) is 0.585. The molecule has 0 rings (SSSR count). The highest BCUT2D eigenvalue weighted by molar-refractivity contribution is 5.74. The standard InChI is InChI=1S/C14H28N2O3/c1-11(2)16(9-7-8-12(17)18)13(19)15(6)10-14(3,4)5/h11H,7-10H2,1-6H3,(H,17,18). The van der Waals surface area contributed by atoms with Crippen molar-refractivity contribution in [1.29, 1.82) is 0 Å². The van der Waals surface area contributed by atoms with Gasteiger partial charge >= 0.3 is 12.0 Å². The molecule has 0 aliphatic carbocycles. The zero-order valence-electron chi connectivity index (χ0n) is 13.1. The number of hydrogen-bond donors (Lipinski definition) is 1. The van der Waals surface area contributed by atoms with E-state index in [4.69, 9.17) is 5.11 Å². The highest BCUT2D eigenvalue weighted by Gasteiger charge is 2.23. The summed E-state index contributed by atoms with van der Waals surface area (Å²) in [7, 11) is 1.79. The molecule has 0 aromatic carbocycles. The van der Waals surface area contributed by atoms with Crippen LogP contribution in [0.4, 0.5) is 4.79 Å². The van der Waals surface area contributed by atoms with Crippen LogP contribution in [0.1, 0.15) is 47.5 Å². The highest BCUT2D eigenvalue weighted by atomic mass is 16.4. The van der Waals surface area contributed by atoms with E-state index >= 15 is 0 Å². The maximum Gasteiger partial charge on any atom is 0.319 e. The molecule has 0 bridgehead atoms. The van der Waals surface area contributed by atoms with E-state index in [1.54, 1.807) is 16.8 Å². The van der Waals surface area contributed by atoms with E-state index in [0.717, 1.165) is 0 Å². The normalized spacial score (nSPS) is 11.5. The van der Waals surface area contributed by atoms with Crippen molar-refractivity contribution in [2.45, 2.75) is 53.5 Å². The molecule has 19 heavy (non-hydrogen) atoms. The first kappa shape index (κ1) is 17.7. The molecule has 0 fully saturated rings. The Morgan fingerprint density at radius 1 is 1.21 bits per heavy atom. The summed E-state index contributed by atoms with van der Waals surface area (Å²) in [4.78, 5) is 26.3. The molecule has 0 aromatic rings. The molecule has 0 heterocycles. The fourth-order valence-corrected chi connectivity index (χ4v) is 1.97. The predicted molar refractivity (Wildman–Crippen MR) is 76.2 cm³/mol. The summed E-state index contributed by atoms with van der Waals surface area (Å²) in [5.41, 5.74) is 0.0497. The van der Waals surface area contributed by atoms with Crippen molar-refractivity contribution < 1.29 is 14.7 Å². The quantitative estimate of drug-likeness (QED) is 0.808. The molecule has 0 saturated carbocycles. The predicted octanol–water partition coefficient (Wildman–Crippen LogP) is 2.66. The summed E-state index contributed by atoms with van der Waals surface area (Å²) in [6, 6.07) is 0.0408. The lowest BCUT2D eigenvalue weighted by Crippen LogP contribution is -2.47. The minimum atomic E-state index is -0.820. The molecule has 2 amide bonds. The van der Waals surface area contributed by atoms with Gasteiger partial charge in [-0.2, -0.15) is 0 Å². The van der Waals surface area contributed by atoms with Crippen molar-refractivity contribution in [3.05, 3.63) is 0 Å². The zero-order chi connectivity index (χ0) is 15.2. The summed E-state index contributed by atoms with van der Waals surface area (Å²) in [5, 5.41) is 8.65. The lowest BCUT2D eigenvalue weighted by Gasteiger charge is -2.34. The lowest BCUT2D eigenvalue weighted by molar-refractivity contribution is -0.137. The van der Waals surface area contributed by atoms with Gasteiger partial charge in [-0.05, 0) is 25.7 Å². The fraction of sp³-hybridized carbons (Fsp3) is 0.857. The maximum absolute atomic E-state index is 12.3. The van der Waals surface area contributed by atoms with Crippen LogP contribution < -0.4 is 0 Å². The highest BCUT2D eigenvalue weighted by Crippen LogP contribution is 2.16. The second kappa shape index (κ2) is 7.36. The SMILES string of the molecule is CC(C)N(CCCC(=O)O)C(=O)N(C)CC(C)(C)C. The van der Waals surface area contributed by atoms with Crippen LogP contribution in [0.3, 0.4) is 0 Å². The fourth-order valence-electron chi connectivity index (χ4n) is 1.97. The average Bonchev–Trinajstić information content (AvgIpc) is 2.20. The molecule has 0 radical (unpaired) electrons. The Balaban J connectivity index is 4.52. The Bertz CT molecular complexity index is 308. The van der Waals surface area contributed by atoms with Gasteiger partial charge in [-0.25, -0.2) is 4.79 Å². The van der Waals surface area contributed by atoms with E-state index in [-0.39, 0.29) is 23.9 Å². The first-order valence-corrected chi connectivity index (χ1v) is 6.78. The van der Waals surface area contributed by atoms with Crippen molar-refractivity contribution in [1.82, 2.24) is 9.80 Å². The van der Waals surface area contributed by atoms with Gasteiger partial charge in [0.1, 0.15) is 0 Å². The Morgan fingerprint density at radius 3 is 2.11 bits per heavy atom. The van der Waals surface area contributed by atoms with Crippen LogP contribution in [0.5, 0.6) is 0 Å². The molecule has 0 unspecified atom stereocenters. The van der Waals surface area contributed by atoms with Gasteiger partial charge in [0.05, 0.1) is 0 Å². The summed E-state index contributed by atoms with van der Waals surface area (Å²) in [6.45, 7) is 11.3. The van der Waals surface area contributed by atoms with Crippen LogP contribution in [0.15, 0.2) is 0 Å². The minimum Gasteiger partial charge on any atom is -0.481 e. The second-order valence-electron chi connectivity index (χ2n) is 6.48. The Kier molecular flexibility index (Phi) is 6.87. The summed E-state index contributed by atoms with van der Waals surface area (Å²) >= 11 is 0. The maximum atomic E-state index is 12.3. The number of amides is 2. The van der Waals surface area contributed by atoms with E-state index < -0.39 is 5.97 Å². The van der Waals surface area contributed by atoms with Crippen LogP contribution in [-0.2, 0) is 4.79 Å². The van der Waals surface area contributed by atoms with E-state index in [1.807, 2.05) is 13.8 Å². The molecule has 5 heteroatoms. The van der Waals surface area contributed by atoms with E-state index in [9.17, 15) is 9.59 Å². The summed E-state index contributed by atoms with van der Waals surface area (Å²) < 4.78 is 0. The monoisotopic (exact) mass is 272 g/mol. The van der Waals surface area contributed by atoms with Crippen molar-refractivity contribution in [2.24, 2.45) is 5.41 Å². The Labute approximate surface area is 116 Å². The number of carbonyl (C=O) groups is 2. The zero-order valence-corrected chi connectivity index (χ0v) is 13.1. The molecular weight excluding hydrogens is 244 g/mol. The van der Waals surface area contributed by atoms with Crippen molar-refractivity contribution in [2.75, 3.05) is 20.1 Å². The molecule has 0 aromatic heterocycles. The molecular formula is C14H28N2O3. The number of aliphatic carboxylic acids is 1. The average molecular weight is 272 g/mol. The second-order valence-corrected chi connectivity index (χ2v) is 6.48. The Morgan fingerprint density at radius 2 is 1.74 bits per heavy atom. The number of carbonyl (C=O) groups excluding carboxylic acids is 1. The third-order valence-corrected chi connectivity index (χ3v) is 2.70. The van der Waals surface area contributed by atoms with Crippen LogP contribution in [0.2, 0.25) is 0 Å². The van der Waals surface area contributed by atoms with E-state index in [0.29, 0.717) is 19.5 Å². The first-order chi connectivity index (χ1) is 8.54. The van der Waals surface area contributed by atoms with Crippen molar-refractivity contribution in [3.8, 4) is 0 Å². The van der Waals surface area contributed by atoms with Gasteiger partial charge in [-0.1, -0.05) is 20.8 Å². The smallest absolute Gasteiger partial charge is 0.319 e. The molecule has 0 aliphatic rings. The van der Waals surface area contributed by atoms with Gasteiger partial charge in [0.25, 0.3) is 0 Å². The van der Waals surface area contributed by atoms with E-state index in [2.05, 4.69) is 20.8 Å². The topological polar surface area (TPSA) is 60.9 Å². The van der Waals surface area contributed by atoms with Crippen LogP contribution >= 0.6 is 0 Å². The molecule has 112 valence electrons. The number of rotatable bonds is 6. The molecule has 5 nitrogen and oxygen atoms in total. The summed E-state index contributed by atoms with van der Waals surface area (Å²) in [5.74, 6) is -0.820. The number of carboxylic acid groups (broad SMARTS) is 1. The van der Waals surface area contributed by atoms with Gasteiger partial charge in [0, 0.05) is 32.6 Å². The number of hydrogen-bond acceptors (Lipinski definition) is 2. The molecule has 1 N–H and O–H groups in total. The van der Waals surface area contributed by atoms with Crippen LogP contribution in [-0.4, -0.2) is 53.1 Å². The Hall–Kier alpha value is -1.26. The third kappa shape index (κ3) is 7.70. The first-order valence-electron chi connectivity index (χ1n) is 6.78. The molecule has 0 atom stereocenters. The lowest BCUT2D eigenvalue weighted by atomic mass is 9.96.